The fourth-order valence-corrected chi connectivity index (χ4v) is 0.958. The van der Waals surface area contributed by atoms with Crippen molar-refractivity contribution in [2.24, 2.45) is 5.73 Å². The molecule has 0 aliphatic rings. The number of rotatable bonds is 4. The van der Waals surface area contributed by atoms with Gasteiger partial charge in [0.2, 0.25) is 5.82 Å². The van der Waals surface area contributed by atoms with E-state index >= 15 is 0 Å². The second-order valence-electron chi connectivity index (χ2n) is 4.04. The highest BCUT2D eigenvalue weighted by Gasteiger charge is 2.23. The predicted octanol–water partition coefficient (Wildman–Crippen LogP) is -1.29. The Labute approximate surface area is 119 Å². The Morgan fingerprint density at radius 3 is 1.67 bits per heavy atom. The fraction of sp³-hybridized carbons (Fsp3) is 0.455. The molecule has 1 rings (SSSR count). The molecule has 0 fully saturated rings. The van der Waals surface area contributed by atoms with E-state index in [0.29, 0.717) is 0 Å². The van der Waals surface area contributed by atoms with Gasteiger partial charge in [0.05, 0.1) is 32.5 Å². The molecule has 0 aromatic heterocycles. The van der Waals surface area contributed by atoms with E-state index in [1.54, 1.807) is 0 Å². The van der Waals surface area contributed by atoms with Gasteiger partial charge in [-0.15, -0.1) is 0 Å². The smallest absolute Gasteiger partial charge is 0.206 e. The van der Waals surface area contributed by atoms with Gasteiger partial charge in [0, 0.05) is 0 Å². The van der Waals surface area contributed by atoms with E-state index < -0.39 is 59.8 Å². The van der Waals surface area contributed by atoms with Crippen LogP contribution in [-0.4, -0.2) is 55.6 Å². The summed E-state index contributed by atoms with van der Waals surface area (Å²) in [5.74, 6) is -7.81. The van der Waals surface area contributed by atoms with Crippen molar-refractivity contribution in [2.75, 3.05) is 26.9 Å². The number of nitrogens with two attached hydrogens (primary N) is 1. The number of ether oxygens (including phenoxy) is 1. The summed E-state index contributed by atoms with van der Waals surface area (Å²) < 4.78 is 54.7. The first-order valence-electron chi connectivity index (χ1n) is 5.45. The molecule has 0 saturated heterocycles. The van der Waals surface area contributed by atoms with E-state index in [0.717, 1.165) is 7.11 Å². The summed E-state index contributed by atoms with van der Waals surface area (Å²) in [5.41, 5.74) is 2.84. The fourth-order valence-electron chi connectivity index (χ4n) is 0.958. The maximum atomic E-state index is 12.8. The van der Waals surface area contributed by atoms with Gasteiger partial charge in [0.25, 0.3) is 0 Å². The zero-order chi connectivity index (χ0) is 16.8. The molecule has 0 heterocycles. The zero-order valence-corrected chi connectivity index (χ0v) is 11.0. The first-order chi connectivity index (χ1) is 9.68. The van der Waals surface area contributed by atoms with Crippen molar-refractivity contribution < 1.29 is 37.6 Å². The highest BCUT2D eigenvalue weighted by molar-refractivity contribution is 6.32. The number of hydrogen-bond donors (Lipinski definition) is 4. The number of aliphatic hydroxyl groups excluding tert-OH is 3. The molecule has 2 radical (unpaired) electrons. The van der Waals surface area contributed by atoms with Gasteiger partial charge in [-0.25, -0.2) is 13.2 Å². The van der Waals surface area contributed by atoms with E-state index in [2.05, 4.69) is 4.74 Å². The Kier molecular flexibility index (Phi) is 7.65. The van der Waals surface area contributed by atoms with Crippen LogP contribution in [-0.2, 0) is 0 Å². The third-order valence-electron chi connectivity index (χ3n) is 2.41. The second-order valence-corrected chi connectivity index (χ2v) is 4.04. The van der Waals surface area contributed by atoms with Gasteiger partial charge in [0.15, 0.2) is 23.2 Å². The van der Waals surface area contributed by atoms with Gasteiger partial charge in [-0.2, -0.15) is 4.39 Å². The van der Waals surface area contributed by atoms with Gasteiger partial charge in [-0.05, 0) is 5.46 Å². The summed E-state index contributed by atoms with van der Waals surface area (Å²) in [6.07, 6.45) is 0. The highest BCUT2D eigenvalue weighted by Crippen LogP contribution is 2.23. The molecule has 0 bridgehead atoms. The molecule has 5 N–H and O–H groups in total. The number of halogens is 4. The summed E-state index contributed by atoms with van der Waals surface area (Å²) >= 11 is 0. The molecular weight excluding hydrogens is 297 g/mol. The molecule has 1 aromatic carbocycles. The Morgan fingerprint density at radius 2 is 1.38 bits per heavy atom. The normalized spacial score (nSPS) is 10.9. The van der Waals surface area contributed by atoms with E-state index in [4.69, 9.17) is 28.9 Å². The van der Waals surface area contributed by atoms with Crippen LogP contribution in [0, 0.1) is 23.3 Å². The molecule has 0 amide bonds. The number of benzene rings is 1. The molecule has 0 unspecified atom stereocenters. The highest BCUT2D eigenvalue weighted by atomic mass is 19.2. The molecular formula is C11H14BF4NO4. The van der Waals surface area contributed by atoms with Crippen LogP contribution in [0.4, 0.5) is 17.6 Å². The van der Waals surface area contributed by atoms with Crippen molar-refractivity contribution in [1.29, 1.82) is 0 Å². The lowest BCUT2D eigenvalue weighted by atomic mass is 9.94. The average Bonchev–Trinajstić information content (AvgIpc) is 2.51. The Morgan fingerprint density at radius 1 is 0.952 bits per heavy atom. The molecule has 1 aromatic rings. The summed E-state index contributed by atoms with van der Waals surface area (Å²) in [4.78, 5) is 0. The molecule has 118 valence electrons. The van der Waals surface area contributed by atoms with Gasteiger partial charge < -0.3 is 25.8 Å². The van der Waals surface area contributed by atoms with E-state index in [1.165, 1.54) is 0 Å². The zero-order valence-electron chi connectivity index (χ0n) is 11.0. The summed E-state index contributed by atoms with van der Waals surface area (Å²) in [6.45, 7) is -1.21. The second kappa shape index (κ2) is 8.18. The van der Waals surface area contributed by atoms with Crippen LogP contribution < -0.4 is 15.9 Å². The molecule has 10 heteroatoms. The summed E-state index contributed by atoms with van der Waals surface area (Å²) in [7, 11) is 5.71. The Bertz CT molecular complexity index is 449. The number of methoxy groups -OCH3 is 1. The maximum absolute atomic E-state index is 12.8. The van der Waals surface area contributed by atoms with Crippen molar-refractivity contribution in [3.8, 4) is 5.75 Å². The summed E-state index contributed by atoms with van der Waals surface area (Å²) in [5, 5.41) is 25.0. The Balaban J connectivity index is 0.000000433. The van der Waals surface area contributed by atoms with E-state index in [-0.39, 0.29) is 0 Å². The first-order valence-corrected chi connectivity index (χ1v) is 5.45. The third-order valence-corrected chi connectivity index (χ3v) is 2.41. The van der Waals surface area contributed by atoms with Crippen molar-refractivity contribution in [3.05, 3.63) is 23.3 Å². The largest absolute Gasteiger partial charge is 0.491 e. The summed E-state index contributed by atoms with van der Waals surface area (Å²) in [6, 6.07) is 0. The Hall–Kier alpha value is -1.36. The average molecular weight is 311 g/mol. The van der Waals surface area contributed by atoms with Crippen LogP contribution in [0.15, 0.2) is 0 Å². The van der Waals surface area contributed by atoms with E-state index in [9.17, 15) is 17.6 Å². The standard InChI is InChI=1S/C7H3BF4O.C4H11NO3/c1-13-7-4(10)2(8)3(9)5(11)6(7)12;5-4(1-6,2-7)3-8/h1H3;6-8H,1-3,5H2. The first kappa shape index (κ1) is 19.6. The van der Waals surface area contributed by atoms with Crippen LogP contribution in [0.3, 0.4) is 0 Å². The third kappa shape index (κ3) is 4.56. The van der Waals surface area contributed by atoms with Gasteiger partial charge in [0.1, 0.15) is 7.85 Å². The molecule has 21 heavy (non-hydrogen) atoms. The van der Waals surface area contributed by atoms with Gasteiger partial charge >= 0.3 is 0 Å². The minimum Gasteiger partial charge on any atom is -0.491 e. The van der Waals surface area contributed by atoms with Crippen molar-refractivity contribution >= 4 is 13.3 Å². The van der Waals surface area contributed by atoms with Crippen LogP contribution in [0.1, 0.15) is 0 Å². The SMILES string of the molecule is NC(CO)(CO)CO.[B]c1c(F)c(F)c(F)c(OC)c1F. The van der Waals surface area contributed by atoms with E-state index in [1.807, 2.05) is 0 Å². The minimum absolute atomic E-state index is 0.403. The van der Waals surface area contributed by atoms with Crippen LogP contribution in [0.5, 0.6) is 5.75 Å². The monoisotopic (exact) mass is 311 g/mol. The molecule has 0 aliphatic carbocycles. The van der Waals surface area contributed by atoms with Crippen molar-refractivity contribution in [2.45, 2.75) is 5.54 Å². The van der Waals surface area contributed by atoms with Crippen LogP contribution in [0.2, 0.25) is 0 Å². The number of aliphatic hydroxyl groups is 3. The molecule has 5 nitrogen and oxygen atoms in total. The lowest BCUT2D eigenvalue weighted by Gasteiger charge is -2.20. The lowest BCUT2D eigenvalue weighted by molar-refractivity contribution is 0.0698. The quantitative estimate of drug-likeness (QED) is 0.240. The van der Waals surface area contributed by atoms with Gasteiger partial charge in [-0.1, -0.05) is 0 Å². The van der Waals surface area contributed by atoms with Crippen LogP contribution >= 0.6 is 0 Å². The molecule has 0 spiro atoms. The molecule has 0 atom stereocenters. The van der Waals surface area contributed by atoms with Gasteiger partial charge in [-0.3, -0.25) is 0 Å². The maximum Gasteiger partial charge on any atom is 0.206 e. The molecule has 0 saturated carbocycles. The molecule has 0 aliphatic heterocycles. The van der Waals surface area contributed by atoms with Crippen molar-refractivity contribution in [3.63, 3.8) is 0 Å². The van der Waals surface area contributed by atoms with Crippen molar-refractivity contribution in [1.82, 2.24) is 0 Å². The predicted molar refractivity (Wildman–Crippen MR) is 66.4 cm³/mol. The number of hydrogen-bond acceptors (Lipinski definition) is 5. The minimum atomic E-state index is -1.85. The van der Waals surface area contributed by atoms with Crippen LogP contribution in [0.25, 0.3) is 0 Å². The lowest BCUT2D eigenvalue weighted by Crippen LogP contribution is -2.50. The topological polar surface area (TPSA) is 95.9 Å².